The summed E-state index contributed by atoms with van der Waals surface area (Å²) in [5, 5.41) is 16.3. The van der Waals surface area contributed by atoms with Crippen LogP contribution < -0.4 is 5.32 Å². The Balaban J connectivity index is 2.12. The summed E-state index contributed by atoms with van der Waals surface area (Å²) in [4.78, 5) is 6.92. The third kappa shape index (κ3) is 2.42. The number of likely N-dealkylation sites (N-methyl/N-ethyl adjacent to an activating group) is 1. The second-order valence-electron chi connectivity index (χ2n) is 3.52. The molecule has 0 aliphatic rings. The molecule has 0 radical (unpaired) electrons. The van der Waals surface area contributed by atoms with Crippen molar-refractivity contribution >= 4 is 11.3 Å². The fourth-order valence-corrected chi connectivity index (χ4v) is 2.37. The van der Waals surface area contributed by atoms with E-state index in [0.29, 0.717) is 0 Å². The van der Waals surface area contributed by atoms with E-state index < -0.39 is 0 Å². The molecule has 2 aromatic heterocycles. The number of thiazole rings is 1. The number of rotatable bonds is 4. The Morgan fingerprint density at radius 2 is 2.38 bits per heavy atom. The average Bonchev–Trinajstić information content (AvgIpc) is 2.84. The smallest absolute Gasteiger partial charge is 0.176 e. The fourth-order valence-electron chi connectivity index (χ4n) is 1.47. The minimum Gasteiger partial charge on any atom is -0.312 e. The summed E-state index contributed by atoms with van der Waals surface area (Å²) in [6, 6.07) is 0.204. The van der Waals surface area contributed by atoms with E-state index in [2.05, 4.69) is 25.7 Å². The summed E-state index contributed by atoms with van der Waals surface area (Å²) in [6.45, 7) is 2.00. The van der Waals surface area contributed by atoms with Crippen molar-refractivity contribution < 1.29 is 0 Å². The molecule has 0 amide bonds. The Morgan fingerprint density at radius 1 is 1.56 bits per heavy atom. The number of tetrazole rings is 1. The largest absolute Gasteiger partial charge is 0.312 e. The van der Waals surface area contributed by atoms with Gasteiger partial charge in [-0.2, -0.15) is 4.80 Å². The maximum Gasteiger partial charge on any atom is 0.176 e. The molecule has 0 saturated carbocycles. The molecule has 1 N–H and O–H groups in total. The van der Waals surface area contributed by atoms with Crippen LogP contribution in [0.4, 0.5) is 0 Å². The molecule has 86 valence electrons. The molecule has 2 rings (SSSR count). The maximum atomic E-state index is 4.25. The molecule has 0 bridgehead atoms. The number of hydrogen-bond acceptors (Lipinski definition) is 6. The van der Waals surface area contributed by atoms with Gasteiger partial charge in [-0.3, -0.25) is 0 Å². The summed E-state index contributed by atoms with van der Waals surface area (Å²) in [5.74, 6) is 0.743. The molecule has 0 saturated heterocycles. The monoisotopic (exact) mass is 238 g/mol. The van der Waals surface area contributed by atoms with Crippen LogP contribution in [-0.2, 0) is 13.5 Å². The van der Waals surface area contributed by atoms with E-state index in [0.717, 1.165) is 17.3 Å². The third-order valence-electron chi connectivity index (χ3n) is 2.27. The zero-order valence-electron chi connectivity index (χ0n) is 9.51. The van der Waals surface area contributed by atoms with E-state index in [4.69, 9.17) is 0 Å². The predicted octanol–water partition coefficient (Wildman–Crippen LogP) is 0.478. The fraction of sp³-hybridized carbons (Fsp3) is 0.556. The maximum absolute atomic E-state index is 4.25. The topological polar surface area (TPSA) is 68.5 Å². The normalized spacial score (nSPS) is 12.9. The van der Waals surface area contributed by atoms with Gasteiger partial charge in [-0.1, -0.05) is 0 Å². The van der Waals surface area contributed by atoms with Crippen LogP contribution in [0, 0.1) is 6.92 Å². The van der Waals surface area contributed by atoms with Crippen LogP contribution in [0.25, 0.3) is 0 Å². The SMILES string of the molecule is CNC(Cc1nnn(C)n1)c1cnc(C)s1. The molecule has 7 heteroatoms. The molecule has 6 nitrogen and oxygen atoms in total. The lowest BCUT2D eigenvalue weighted by Crippen LogP contribution is -2.18. The highest BCUT2D eigenvalue weighted by Crippen LogP contribution is 2.22. The number of aryl methyl sites for hydroxylation is 2. The van der Waals surface area contributed by atoms with Crippen molar-refractivity contribution in [3.05, 3.63) is 21.9 Å². The van der Waals surface area contributed by atoms with Crippen LogP contribution >= 0.6 is 11.3 Å². The van der Waals surface area contributed by atoms with E-state index in [1.54, 1.807) is 18.4 Å². The number of nitrogens with zero attached hydrogens (tertiary/aromatic N) is 5. The van der Waals surface area contributed by atoms with E-state index >= 15 is 0 Å². The van der Waals surface area contributed by atoms with E-state index in [1.165, 1.54) is 9.67 Å². The molecule has 1 unspecified atom stereocenters. The summed E-state index contributed by atoms with van der Waals surface area (Å²) < 4.78 is 0. The van der Waals surface area contributed by atoms with Crippen molar-refractivity contribution in [3.8, 4) is 0 Å². The van der Waals surface area contributed by atoms with Crippen LogP contribution in [0.2, 0.25) is 0 Å². The second kappa shape index (κ2) is 4.67. The van der Waals surface area contributed by atoms with Gasteiger partial charge in [0.2, 0.25) is 0 Å². The van der Waals surface area contributed by atoms with E-state index in [9.17, 15) is 0 Å². The Kier molecular flexibility index (Phi) is 3.25. The first-order chi connectivity index (χ1) is 7.69. The highest BCUT2D eigenvalue weighted by molar-refractivity contribution is 7.11. The zero-order valence-corrected chi connectivity index (χ0v) is 10.3. The van der Waals surface area contributed by atoms with Gasteiger partial charge in [0.1, 0.15) is 0 Å². The summed E-state index contributed by atoms with van der Waals surface area (Å²) in [6.07, 6.45) is 2.63. The van der Waals surface area contributed by atoms with Gasteiger partial charge in [-0.25, -0.2) is 4.98 Å². The standard InChI is InChI=1S/C9H14N6S/c1-6-11-5-8(16-6)7(10-2)4-9-12-14-15(3)13-9/h5,7,10H,4H2,1-3H3. The van der Waals surface area contributed by atoms with Crippen LogP contribution in [0.3, 0.4) is 0 Å². The van der Waals surface area contributed by atoms with Gasteiger partial charge in [0.05, 0.1) is 18.1 Å². The molecular formula is C9H14N6S. The molecule has 2 aromatic rings. The average molecular weight is 238 g/mol. The molecule has 16 heavy (non-hydrogen) atoms. The molecule has 0 fully saturated rings. The lowest BCUT2D eigenvalue weighted by molar-refractivity contribution is 0.577. The zero-order chi connectivity index (χ0) is 11.5. The molecule has 0 aromatic carbocycles. The van der Waals surface area contributed by atoms with Crippen molar-refractivity contribution in [3.63, 3.8) is 0 Å². The van der Waals surface area contributed by atoms with Crippen molar-refractivity contribution in [1.29, 1.82) is 0 Å². The van der Waals surface area contributed by atoms with Gasteiger partial charge in [0.25, 0.3) is 0 Å². The third-order valence-corrected chi connectivity index (χ3v) is 3.29. The van der Waals surface area contributed by atoms with Gasteiger partial charge >= 0.3 is 0 Å². The second-order valence-corrected chi connectivity index (χ2v) is 4.79. The van der Waals surface area contributed by atoms with Crippen molar-refractivity contribution in [2.75, 3.05) is 7.05 Å². The lowest BCUT2D eigenvalue weighted by atomic mass is 10.2. The molecule has 0 spiro atoms. The molecule has 1 atom stereocenters. The van der Waals surface area contributed by atoms with Crippen LogP contribution in [-0.4, -0.2) is 32.2 Å². The number of hydrogen-bond donors (Lipinski definition) is 1. The molecule has 0 aliphatic heterocycles. The predicted molar refractivity (Wildman–Crippen MR) is 61.2 cm³/mol. The van der Waals surface area contributed by atoms with Gasteiger partial charge in [-0.15, -0.1) is 21.5 Å². The molecule has 2 heterocycles. The minimum atomic E-state index is 0.204. The van der Waals surface area contributed by atoms with Crippen molar-refractivity contribution in [1.82, 2.24) is 30.5 Å². The van der Waals surface area contributed by atoms with Crippen LogP contribution in [0.15, 0.2) is 6.20 Å². The van der Waals surface area contributed by atoms with Gasteiger partial charge in [0, 0.05) is 17.5 Å². The van der Waals surface area contributed by atoms with Gasteiger partial charge in [0.15, 0.2) is 5.82 Å². The van der Waals surface area contributed by atoms with Gasteiger partial charge < -0.3 is 5.32 Å². The van der Waals surface area contributed by atoms with E-state index in [1.807, 2.05) is 20.2 Å². The Hall–Kier alpha value is -1.34. The van der Waals surface area contributed by atoms with Crippen molar-refractivity contribution in [2.24, 2.45) is 7.05 Å². The van der Waals surface area contributed by atoms with Crippen LogP contribution in [0.5, 0.6) is 0 Å². The van der Waals surface area contributed by atoms with Gasteiger partial charge in [-0.05, 0) is 19.2 Å². The van der Waals surface area contributed by atoms with E-state index in [-0.39, 0.29) is 6.04 Å². The molecule has 0 aliphatic carbocycles. The Morgan fingerprint density at radius 3 is 2.88 bits per heavy atom. The highest BCUT2D eigenvalue weighted by atomic mass is 32.1. The van der Waals surface area contributed by atoms with Crippen LogP contribution in [0.1, 0.15) is 21.8 Å². The lowest BCUT2D eigenvalue weighted by Gasteiger charge is -2.10. The quantitative estimate of drug-likeness (QED) is 0.839. The molecular weight excluding hydrogens is 224 g/mol. The number of aromatic nitrogens is 5. The summed E-state index contributed by atoms with van der Waals surface area (Å²) >= 11 is 1.69. The Labute approximate surface area is 97.7 Å². The highest BCUT2D eigenvalue weighted by Gasteiger charge is 2.15. The van der Waals surface area contributed by atoms with Crippen molar-refractivity contribution in [2.45, 2.75) is 19.4 Å². The summed E-state index contributed by atoms with van der Waals surface area (Å²) in [7, 11) is 3.69. The minimum absolute atomic E-state index is 0.204. The Bertz CT molecular complexity index is 462. The number of nitrogens with one attached hydrogen (secondary N) is 1. The first-order valence-electron chi connectivity index (χ1n) is 5.01. The first kappa shape index (κ1) is 11.2. The summed E-state index contributed by atoms with van der Waals surface area (Å²) in [5.41, 5.74) is 0. The first-order valence-corrected chi connectivity index (χ1v) is 5.83.